The minimum atomic E-state index is -0.0700. The van der Waals surface area contributed by atoms with Crippen LogP contribution in [0.15, 0.2) is 188 Å². The van der Waals surface area contributed by atoms with Crippen LogP contribution in [0.1, 0.15) is 25.0 Å². The molecule has 0 atom stereocenters. The van der Waals surface area contributed by atoms with E-state index in [4.69, 9.17) is 4.98 Å². The number of fused-ring (bicyclic) bond motifs is 8. The number of hydrogen-bond donors (Lipinski definition) is 0. The molecule has 3 nitrogen and oxygen atoms in total. The minimum Gasteiger partial charge on any atom is -0.316 e. The molecule has 2 aliphatic rings. The zero-order chi connectivity index (χ0) is 36.7. The molecule has 2 aliphatic carbocycles. The predicted molar refractivity (Wildman–Crippen MR) is 229 cm³/mol. The van der Waals surface area contributed by atoms with E-state index < -0.39 is 0 Å². The highest BCUT2D eigenvalue weighted by molar-refractivity contribution is 6.12. The number of hydrogen-bond acceptors (Lipinski definition) is 2. The third kappa shape index (κ3) is 4.79. The Morgan fingerprint density at radius 3 is 1.84 bits per heavy atom. The molecule has 0 bridgehead atoms. The Kier molecular flexibility index (Phi) is 6.90. The Morgan fingerprint density at radius 2 is 1.05 bits per heavy atom. The topological polar surface area (TPSA) is 21.1 Å². The third-order valence-corrected chi connectivity index (χ3v) is 11.8. The number of benzene rings is 7. The molecule has 55 heavy (non-hydrogen) atoms. The van der Waals surface area contributed by atoms with Crippen LogP contribution >= 0.6 is 0 Å². The predicted octanol–water partition coefficient (Wildman–Crippen LogP) is 13.8. The molecule has 0 spiro atoms. The fraction of sp³-hybridized carbons (Fsp3) is 0.0577. The van der Waals surface area contributed by atoms with Gasteiger partial charge in [0.25, 0.3) is 0 Å². The highest BCUT2D eigenvalue weighted by atomic mass is 15.1. The molecule has 0 saturated carbocycles. The van der Waals surface area contributed by atoms with Crippen molar-refractivity contribution in [2.45, 2.75) is 19.3 Å². The second-order valence-electron chi connectivity index (χ2n) is 15.2. The summed E-state index contributed by atoms with van der Waals surface area (Å²) in [5.41, 5.74) is 20.5. The summed E-state index contributed by atoms with van der Waals surface area (Å²) in [7, 11) is 0. The second kappa shape index (κ2) is 12.0. The molecule has 0 N–H and O–H groups in total. The summed E-state index contributed by atoms with van der Waals surface area (Å²) in [6.45, 7) is 4.69. The van der Waals surface area contributed by atoms with Gasteiger partial charge in [0, 0.05) is 57.1 Å². The van der Waals surface area contributed by atoms with E-state index in [1.165, 1.54) is 66.5 Å². The molecule has 0 aliphatic heterocycles. The molecule has 0 radical (unpaired) electrons. The van der Waals surface area contributed by atoms with Crippen LogP contribution in [0.25, 0.3) is 72.4 Å². The van der Waals surface area contributed by atoms with Crippen molar-refractivity contribution in [2.24, 2.45) is 0 Å². The van der Waals surface area contributed by atoms with Crippen molar-refractivity contribution >= 4 is 28.0 Å². The molecular formula is C52H37N3. The lowest BCUT2D eigenvalue weighted by atomic mass is 9.82. The summed E-state index contributed by atoms with van der Waals surface area (Å²) in [5.74, 6) is 0. The number of anilines is 3. The third-order valence-electron chi connectivity index (χ3n) is 11.8. The largest absolute Gasteiger partial charge is 0.316 e. The van der Waals surface area contributed by atoms with E-state index in [-0.39, 0.29) is 5.41 Å². The van der Waals surface area contributed by atoms with E-state index in [2.05, 4.69) is 199 Å². The summed E-state index contributed by atoms with van der Waals surface area (Å²) in [6.07, 6.45) is 4.18. The molecule has 0 amide bonds. The Morgan fingerprint density at radius 1 is 0.455 bits per heavy atom. The molecule has 3 heteroatoms. The molecule has 2 heterocycles. The second-order valence-corrected chi connectivity index (χ2v) is 15.2. The van der Waals surface area contributed by atoms with Crippen LogP contribution in [-0.4, -0.2) is 9.55 Å². The fourth-order valence-electron chi connectivity index (χ4n) is 9.17. The van der Waals surface area contributed by atoms with E-state index >= 15 is 0 Å². The molecule has 0 saturated heterocycles. The SMILES string of the molecule is CC1(C)c2ccccc2-c2ccc(N(c3ccccc3)c3ccc(-c4ccc(-n5cc6c7c(cccc75)-c5ccccc5-c5cccnc5-6)cc4)cc3)cc21. The first kappa shape index (κ1) is 31.5. The quantitative estimate of drug-likeness (QED) is 0.178. The van der Waals surface area contributed by atoms with Crippen molar-refractivity contribution in [2.75, 3.05) is 4.90 Å². The molecule has 260 valence electrons. The molecular weight excluding hydrogens is 667 g/mol. The maximum absolute atomic E-state index is 4.93. The van der Waals surface area contributed by atoms with Crippen molar-refractivity contribution in [1.29, 1.82) is 0 Å². The van der Waals surface area contributed by atoms with E-state index in [0.717, 1.165) is 34.0 Å². The van der Waals surface area contributed by atoms with Crippen molar-refractivity contribution in [1.82, 2.24) is 9.55 Å². The molecule has 11 rings (SSSR count). The van der Waals surface area contributed by atoms with Gasteiger partial charge < -0.3 is 9.47 Å². The van der Waals surface area contributed by atoms with Gasteiger partial charge in [-0.1, -0.05) is 129 Å². The molecule has 0 unspecified atom stereocenters. The van der Waals surface area contributed by atoms with Crippen molar-refractivity contribution < 1.29 is 0 Å². The van der Waals surface area contributed by atoms with Crippen molar-refractivity contribution in [3.8, 4) is 61.5 Å². The van der Waals surface area contributed by atoms with Crippen molar-refractivity contribution in [3.05, 3.63) is 199 Å². The van der Waals surface area contributed by atoms with Gasteiger partial charge >= 0.3 is 0 Å². The number of rotatable bonds is 5. The van der Waals surface area contributed by atoms with Gasteiger partial charge in [-0.05, 0) is 111 Å². The summed E-state index contributed by atoms with van der Waals surface area (Å²) in [4.78, 5) is 7.30. The molecule has 0 fully saturated rings. The van der Waals surface area contributed by atoms with Crippen LogP contribution in [0.4, 0.5) is 17.1 Å². The summed E-state index contributed by atoms with van der Waals surface area (Å²) >= 11 is 0. The molecule has 7 aromatic carbocycles. The highest BCUT2D eigenvalue weighted by Gasteiger charge is 2.35. The first-order chi connectivity index (χ1) is 27.0. The monoisotopic (exact) mass is 703 g/mol. The average molecular weight is 704 g/mol. The van der Waals surface area contributed by atoms with E-state index in [1.807, 2.05) is 12.3 Å². The van der Waals surface area contributed by atoms with Crippen molar-refractivity contribution in [3.63, 3.8) is 0 Å². The number of para-hydroxylation sites is 1. The van der Waals surface area contributed by atoms with E-state index in [9.17, 15) is 0 Å². The lowest BCUT2D eigenvalue weighted by Crippen LogP contribution is -2.16. The summed E-state index contributed by atoms with van der Waals surface area (Å²) in [6, 6.07) is 64.0. The van der Waals surface area contributed by atoms with Gasteiger partial charge in [-0.25, -0.2) is 0 Å². The lowest BCUT2D eigenvalue weighted by Gasteiger charge is -2.28. The van der Waals surface area contributed by atoms with Crippen LogP contribution in [-0.2, 0) is 5.41 Å². The van der Waals surface area contributed by atoms with Gasteiger partial charge in [0.05, 0.1) is 11.2 Å². The minimum absolute atomic E-state index is 0.0700. The van der Waals surface area contributed by atoms with Crippen LogP contribution in [0.5, 0.6) is 0 Å². The Labute approximate surface area is 321 Å². The first-order valence-electron chi connectivity index (χ1n) is 19.0. The lowest BCUT2D eigenvalue weighted by molar-refractivity contribution is 0.660. The highest BCUT2D eigenvalue weighted by Crippen LogP contribution is 2.51. The number of aromatic nitrogens is 2. The van der Waals surface area contributed by atoms with Gasteiger partial charge in [0.2, 0.25) is 0 Å². The Balaban J connectivity index is 0.952. The Hall–Kier alpha value is -6.97. The smallest absolute Gasteiger partial charge is 0.0802 e. The zero-order valence-electron chi connectivity index (χ0n) is 30.7. The summed E-state index contributed by atoms with van der Waals surface area (Å²) < 4.78 is 2.32. The first-order valence-corrected chi connectivity index (χ1v) is 19.0. The van der Waals surface area contributed by atoms with Crippen LogP contribution in [0.3, 0.4) is 0 Å². The zero-order valence-corrected chi connectivity index (χ0v) is 30.7. The average Bonchev–Trinajstić information content (AvgIpc) is 3.70. The van der Waals surface area contributed by atoms with E-state index in [1.54, 1.807) is 0 Å². The van der Waals surface area contributed by atoms with Gasteiger partial charge in [-0.15, -0.1) is 0 Å². The van der Waals surface area contributed by atoms with Crippen LogP contribution in [0.2, 0.25) is 0 Å². The fourth-order valence-corrected chi connectivity index (χ4v) is 9.17. The molecule has 2 aromatic heterocycles. The molecule has 9 aromatic rings. The van der Waals surface area contributed by atoms with Gasteiger partial charge in [-0.3, -0.25) is 4.98 Å². The Bertz CT molecular complexity index is 2930. The number of pyridine rings is 1. The maximum Gasteiger partial charge on any atom is 0.0802 e. The maximum atomic E-state index is 4.93. The van der Waals surface area contributed by atoms with Gasteiger partial charge in [0.15, 0.2) is 0 Å². The van der Waals surface area contributed by atoms with Crippen LogP contribution < -0.4 is 4.90 Å². The van der Waals surface area contributed by atoms with Gasteiger partial charge in [0.1, 0.15) is 0 Å². The number of nitrogens with zero attached hydrogens (tertiary/aromatic N) is 3. The summed E-state index contributed by atoms with van der Waals surface area (Å²) in [5, 5.41) is 1.24. The normalized spacial score (nSPS) is 13.1. The van der Waals surface area contributed by atoms with Gasteiger partial charge in [-0.2, -0.15) is 0 Å². The van der Waals surface area contributed by atoms with E-state index in [0.29, 0.717) is 0 Å². The standard InChI is InChI=1S/C52H37N3/c1-52(2)47-19-9-8-16-42(47)43-30-29-39(32-48(43)52)55(37-12-4-3-5-13-37)38-27-23-35(24-28-38)34-21-25-36(26-22-34)54-33-46-50-44(17-10-20-49(50)54)40-14-6-7-15-41(40)45-18-11-31-53-51(45)46/h3-33H,1-2H3. The van der Waals surface area contributed by atoms with Crippen LogP contribution in [0, 0.1) is 0 Å².